The van der Waals surface area contributed by atoms with E-state index in [4.69, 9.17) is 5.73 Å². The van der Waals surface area contributed by atoms with Crippen LogP contribution in [0.15, 0.2) is 48.5 Å². The summed E-state index contributed by atoms with van der Waals surface area (Å²) in [7, 11) is 0. The van der Waals surface area contributed by atoms with Crippen molar-refractivity contribution in [2.24, 2.45) is 0 Å². The van der Waals surface area contributed by atoms with E-state index in [-0.39, 0.29) is 24.3 Å². The summed E-state index contributed by atoms with van der Waals surface area (Å²) in [5.41, 5.74) is 8.25. The van der Waals surface area contributed by atoms with E-state index in [0.29, 0.717) is 16.9 Å². The molecule has 2 amide bonds. The van der Waals surface area contributed by atoms with Gasteiger partial charge in [-0.2, -0.15) is 0 Å². The molecule has 2 aromatic carbocycles. The Morgan fingerprint density at radius 1 is 0.962 bits per heavy atom. The third-order valence-electron chi connectivity index (χ3n) is 4.73. The molecule has 0 aliphatic heterocycles. The van der Waals surface area contributed by atoms with Crippen LogP contribution in [0.5, 0.6) is 0 Å². The van der Waals surface area contributed by atoms with Gasteiger partial charge in [0, 0.05) is 11.7 Å². The lowest BCUT2D eigenvalue weighted by Gasteiger charge is -2.23. The Bertz CT molecular complexity index is 765. The Morgan fingerprint density at radius 3 is 2.38 bits per heavy atom. The van der Waals surface area contributed by atoms with Crippen molar-refractivity contribution in [2.45, 2.75) is 44.6 Å². The Kier molecular flexibility index (Phi) is 5.89. The van der Waals surface area contributed by atoms with Gasteiger partial charge in [-0.05, 0) is 42.7 Å². The second kappa shape index (κ2) is 8.52. The molecule has 0 spiro atoms. The zero-order chi connectivity index (χ0) is 18.4. The van der Waals surface area contributed by atoms with Gasteiger partial charge in [0.05, 0.1) is 17.7 Å². The molecule has 136 valence electrons. The maximum absolute atomic E-state index is 12.6. The van der Waals surface area contributed by atoms with Crippen molar-refractivity contribution >= 4 is 23.2 Å². The number of hydrogen-bond donors (Lipinski definition) is 3. The van der Waals surface area contributed by atoms with Gasteiger partial charge in [-0.1, -0.05) is 43.5 Å². The molecule has 26 heavy (non-hydrogen) atoms. The van der Waals surface area contributed by atoms with Crippen LogP contribution >= 0.6 is 0 Å². The van der Waals surface area contributed by atoms with Crippen molar-refractivity contribution in [1.82, 2.24) is 5.32 Å². The number of carbonyl (C=O) groups is 2. The van der Waals surface area contributed by atoms with Crippen molar-refractivity contribution in [3.63, 3.8) is 0 Å². The third-order valence-corrected chi connectivity index (χ3v) is 4.73. The summed E-state index contributed by atoms with van der Waals surface area (Å²) in [6.45, 7) is 0. The highest BCUT2D eigenvalue weighted by molar-refractivity contribution is 6.04. The minimum Gasteiger partial charge on any atom is -0.399 e. The van der Waals surface area contributed by atoms with Crippen LogP contribution in [0.25, 0.3) is 0 Å². The second-order valence-corrected chi connectivity index (χ2v) is 6.82. The summed E-state index contributed by atoms with van der Waals surface area (Å²) in [5.74, 6) is -0.284. The molecule has 3 rings (SSSR count). The van der Waals surface area contributed by atoms with Crippen molar-refractivity contribution in [3.05, 3.63) is 59.7 Å². The van der Waals surface area contributed by atoms with Crippen LogP contribution in [0.4, 0.5) is 11.4 Å². The van der Waals surface area contributed by atoms with Crippen molar-refractivity contribution in [2.75, 3.05) is 11.1 Å². The van der Waals surface area contributed by atoms with E-state index in [9.17, 15) is 9.59 Å². The summed E-state index contributed by atoms with van der Waals surface area (Å²) in [5, 5.41) is 5.96. The normalized spacial score (nSPS) is 14.6. The number of nitrogens with two attached hydrogens (primary N) is 1. The number of hydrogen-bond acceptors (Lipinski definition) is 3. The van der Waals surface area contributed by atoms with Gasteiger partial charge < -0.3 is 16.4 Å². The van der Waals surface area contributed by atoms with E-state index in [2.05, 4.69) is 10.6 Å². The highest BCUT2D eigenvalue weighted by Gasteiger charge is 2.19. The number of anilines is 2. The molecule has 1 saturated carbocycles. The zero-order valence-corrected chi connectivity index (χ0v) is 14.8. The monoisotopic (exact) mass is 351 g/mol. The van der Waals surface area contributed by atoms with Gasteiger partial charge in [0.25, 0.3) is 5.91 Å². The van der Waals surface area contributed by atoms with E-state index in [1.54, 1.807) is 24.3 Å². The molecule has 4 N–H and O–H groups in total. The lowest BCUT2D eigenvalue weighted by Crippen LogP contribution is -2.36. The predicted octanol–water partition coefficient (Wildman–Crippen LogP) is 3.51. The molecule has 1 aliphatic carbocycles. The summed E-state index contributed by atoms with van der Waals surface area (Å²) in [6.07, 6.45) is 5.84. The Hall–Kier alpha value is -2.82. The standard InChI is InChI=1S/C21H25N3O2/c22-16-12-10-15(11-13-16)14-20(25)24-19-9-5-4-8-18(19)21(26)23-17-6-2-1-3-7-17/h4-5,8-13,17H,1-3,6-7,14,22H2,(H,23,26)(H,24,25). The van der Waals surface area contributed by atoms with Crippen LogP contribution < -0.4 is 16.4 Å². The molecule has 0 atom stereocenters. The summed E-state index contributed by atoms with van der Waals surface area (Å²) < 4.78 is 0. The molecule has 1 aliphatic rings. The topological polar surface area (TPSA) is 84.2 Å². The fourth-order valence-corrected chi connectivity index (χ4v) is 3.32. The van der Waals surface area contributed by atoms with Gasteiger partial charge in [-0.25, -0.2) is 0 Å². The van der Waals surface area contributed by atoms with Crippen LogP contribution in [0.2, 0.25) is 0 Å². The molecule has 0 heterocycles. The molecule has 0 unspecified atom stereocenters. The van der Waals surface area contributed by atoms with Gasteiger partial charge in [-0.3, -0.25) is 9.59 Å². The molecular weight excluding hydrogens is 326 g/mol. The third kappa shape index (κ3) is 4.85. The minimum absolute atomic E-state index is 0.125. The molecule has 2 aromatic rings. The van der Waals surface area contributed by atoms with Gasteiger partial charge in [0.1, 0.15) is 0 Å². The first-order valence-corrected chi connectivity index (χ1v) is 9.16. The fourth-order valence-electron chi connectivity index (χ4n) is 3.32. The molecule has 0 bridgehead atoms. The Balaban J connectivity index is 1.65. The lowest BCUT2D eigenvalue weighted by atomic mass is 9.95. The average Bonchev–Trinajstić information content (AvgIpc) is 2.65. The number of amides is 2. The van der Waals surface area contributed by atoms with Crippen molar-refractivity contribution < 1.29 is 9.59 Å². The number of carbonyl (C=O) groups excluding carboxylic acids is 2. The number of para-hydroxylation sites is 1. The number of rotatable bonds is 5. The average molecular weight is 351 g/mol. The Labute approximate surface area is 154 Å². The van der Waals surface area contributed by atoms with E-state index >= 15 is 0 Å². The molecule has 0 radical (unpaired) electrons. The van der Waals surface area contributed by atoms with E-state index in [0.717, 1.165) is 31.2 Å². The molecule has 5 nitrogen and oxygen atoms in total. The minimum atomic E-state index is -0.160. The summed E-state index contributed by atoms with van der Waals surface area (Å²) in [6, 6.07) is 14.6. The summed E-state index contributed by atoms with van der Waals surface area (Å²) >= 11 is 0. The molecule has 1 fully saturated rings. The van der Waals surface area contributed by atoms with Crippen LogP contribution in [0.1, 0.15) is 48.0 Å². The first-order valence-electron chi connectivity index (χ1n) is 9.16. The smallest absolute Gasteiger partial charge is 0.253 e. The van der Waals surface area contributed by atoms with Gasteiger partial charge >= 0.3 is 0 Å². The van der Waals surface area contributed by atoms with Gasteiger partial charge in [-0.15, -0.1) is 0 Å². The zero-order valence-electron chi connectivity index (χ0n) is 14.8. The van der Waals surface area contributed by atoms with Crippen molar-refractivity contribution in [1.29, 1.82) is 0 Å². The maximum atomic E-state index is 12.6. The second-order valence-electron chi connectivity index (χ2n) is 6.82. The number of benzene rings is 2. The predicted molar refractivity (Wildman–Crippen MR) is 104 cm³/mol. The van der Waals surface area contributed by atoms with Crippen LogP contribution in [-0.4, -0.2) is 17.9 Å². The molecule has 0 aromatic heterocycles. The SMILES string of the molecule is Nc1ccc(CC(=O)Nc2ccccc2C(=O)NC2CCCCC2)cc1. The summed E-state index contributed by atoms with van der Waals surface area (Å²) in [4.78, 5) is 25.0. The maximum Gasteiger partial charge on any atom is 0.253 e. The molecule has 5 heteroatoms. The highest BCUT2D eigenvalue weighted by atomic mass is 16.2. The highest BCUT2D eigenvalue weighted by Crippen LogP contribution is 2.20. The van der Waals surface area contributed by atoms with Crippen LogP contribution in [0.3, 0.4) is 0 Å². The lowest BCUT2D eigenvalue weighted by molar-refractivity contribution is -0.115. The van der Waals surface area contributed by atoms with E-state index < -0.39 is 0 Å². The van der Waals surface area contributed by atoms with Gasteiger partial charge in [0.15, 0.2) is 0 Å². The largest absolute Gasteiger partial charge is 0.399 e. The quantitative estimate of drug-likeness (QED) is 0.721. The number of nitrogens with one attached hydrogen (secondary N) is 2. The Morgan fingerprint density at radius 2 is 1.65 bits per heavy atom. The van der Waals surface area contributed by atoms with Crippen molar-refractivity contribution in [3.8, 4) is 0 Å². The first-order chi connectivity index (χ1) is 12.6. The number of nitrogen functional groups attached to an aromatic ring is 1. The molecule has 0 saturated heterocycles. The van der Waals surface area contributed by atoms with Crippen LogP contribution in [0, 0.1) is 0 Å². The first kappa shape index (κ1) is 18.0. The molecular formula is C21H25N3O2. The van der Waals surface area contributed by atoms with E-state index in [1.165, 1.54) is 6.42 Å². The fraction of sp³-hybridized carbons (Fsp3) is 0.333. The van der Waals surface area contributed by atoms with Gasteiger partial charge in [0.2, 0.25) is 5.91 Å². The van der Waals surface area contributed by atoms with Crippen LogP contribution in [-0.2, 0) is 11.2 Å². The van der Waals surface area contributed by atoms with E-state index in [1.807, 2.05) is 24.3 Å².